The molecular formula is C18H30ClN. The second kappa shape index (κ2) is 9.41. The lowest BCUT2D eigenvalue weighted by atomic mass is 9.87. The molecule has 0 aliphatic heterocycles. The second-order valence-corrected chi connectivity index (χ2v) is 6.53. The van der Waals surface area contributed by atoms with Crippen LogP contribution in [0.5, 0.6) is 0 Å². The highest BCUT2D eigenvalue weighted by Gasteiger charge is 2.22. The fraction of sp³-hybridized carbons (Fsp3) is 0.667. The molecule has 0 fully saturated rings. The molecule has 2 heteroatoms. The molecule has 0 aliphatic rings. The quantitative estimate of drug-likeness (QED) is 0.523. The van der Waals surface area contributed by atoms with Crippen LogP contribution >= 0.6 is 11.6 Å². The van der Waals surface area contributed by atoms with Gasteiger partial charge in [-0.1, -0.05) is 88.1 Å². The maximum absolute atomic E-state index is 6.43. The van der Waals surface area contributed by atoms with Gasteiger partial charge in [-0.25, -0.2) is 0 Å². The van der Waals surface area contributed by atoms with Crippen LogP contribution in [0.4, 0.5) is 0 Å². The van der Waals surface area contributed by atoms with Crippen LogP contribution in [-0.4, -0.2) is 0 Å². The van der Waals surface area contributed by atoms with Crippen molar-refractivity contribution in [2.45, 2.75) is 77.2 Å². The Morgan fingerprint density at radius 2 is 1.50 bits per heavy atom. The summed E-state index contributed by atoms with van der Waals surface area (Å²) in [7, 11) is 0. The van der Waals surface area contributed by atoms with Crippen LogP contribution in [0.3, 0.4) is 0 Å². The van der Waals surface area contributed by atoms with Gasteiger partial charge in [0.1, 0.15) is 0 Å². The van der Waals surface area contributed by atoms with E-state index in [2.05, 4.69) is 13.8 Å². The summed E-state index contributed by atoms with van der Waals surface area (Å²) in [6.07, 6.45) is 11.7. The molecule has 0 spiro atoms. The number of hydrogen-bond acceptors (Lipinski definition) is 1. The van der Waals surface area contributed by atoms with Crippen molar-refractivity contribution < 1.29 is 0 Å². The van der Waals surface area contributed by atoms with Gasteiger partial charge in [0.15, 0.2) is 0 Å². The van der Waals surface area contributed by atoms with Crippen molar-refractivity contribution in [3.8, 4) is 0 Å². The summed E-state index contributed by atoms with van der Waals surface area (Å²) in [6, 6.07) is 7.95. The lowest BCUT2D eigenvalue weighted by Crippen LogP contribution is -2.33. The zero-order chi connectivity index (χ0) is 14.8. The minimum absolute atomic E-state index is 0.305. The van der Waals surface area contributed by atoms with E-state index in [0.29, 0.717) is 0 Å². The molecule has 0 aliphatic carbocycles. The first-order valence-corrected chi connectivity index (χ1v) is 8.49. The molecule has 0 radical (unpaired) electrons. The highest BCUT2D eigenvalue weighted by Crippen LogP contribution is 2.30. The Morgan fingerprint density at radius 3 is 2.10 bits per heavy atom. The van der Waals surface area contributed by atoms with Crippen LogP contribution in [0.2, 0.25) is 5.02 Å². The lowest BCUT2D eigenvalue weighted by Gasteiger charge is -2.26. The summed E-state index contributed by atoms with van der Waals surface area (Å²) in [5.74, 6) is 0. The molecule has 20 heavy (non-hydrogen) atoms. The third-order valence-corrected chi connectivity index (χ3v) is 4.37. The summed E-state index contributed by atoms with van der Waals surface area (Å²) < 4.78 is 0. The van der Waals surface area contributed by atoms with Crippen molar-refractivity contribution in [3.63, 3.8) is 0 Å². The molecule has 0 amide bonds. The largest absolute Gasteiger partial charge is 0.322 e. The van der Waals surface area contributed by atoms with Gasteiger partial charge < -0.3 is 5.73 Å². The number of benzene rings is 1. The van der Waals surface area contributed by atoms with Crippen molar-refractivity contribution in [1.82, 2.24) is 0 Å². The predicted molar refractivity (Wildman–Crippen MR) is 90.2 cm³/mol. The first-order valence-electron chi connectivity index (χ1n) is 8.12. The Balaban J connectivity index is 2.22. The Morgan fingerprint density at radius 1 is 0.950 bits per heavy atom. The Hall–Kier alpha value is -0.530. The normalized spacial score (nSPS) is 14.2. The minimum Gasteiger partial charge on any atom is -0.322 e. The van der Waals surface area contributed by atoms with E-state index in [9.17, 15) is 0 Å². The molecule has 2 N–H and O–H groups in total. The molecule has 1 unspecified atom stereocenters. The number of hydrogen-bond donors (Lipinski definition) is 1. The van der Waals surface area contributed by atoms with Crippen LogP contribution in [-0.2, 0) is 5.54 Å². The number of nitrogens with two attached hydrogens (primary N) is 1. The Kier molecular flexibility index (Phi) is 8.25. The summed E-state index contributed by atoms with van der Waals surface area (Å²) >= 11 is 6.24. The smallest absolute Gasteiger partial charge is 0.0456 e. The Labute approximate surface area is 129 Å². The van der Waals surface area contributed by atoms with Crippen molar-refractivity contribution >= 4 is 11.6 Å². The summed E-state index contributed by atoms with van der Waals surface area (Å²) in [4.78, 5) is 0. The van der Waals surface area contributed by atoms with Gasteiger partial charge in [-0.2, -0.15) is 0 Å². The first-order chi connectivity index (χ1) is 9.58. The van der Waals surface area contributed by atoms with Crippen molar-refractivity contribution in [1.29, 1.82) is 0 Å². The average molecular weight is 296 g/mol. The molecule has 114 valence electrons. The molecule has 0 bridgehead atoms. The highest BCUT2D eigenvalue weighted by molar-refractivity contribution is 6.31. The maximum atomic E-state index is 6.43. The van der Waals surface area contributed by atoms with Gasteiger partial charge in [0.2, 0.25) is 0 Å². The number of halogens is 1. The van der Waals surface area contributed by atoms with Gasteiger partial charge in [-0.15, -0.1) is 0 Å². The number of rotatable bonds is 10. The van der Waals surface area contributed by atoms with E-state index in [4.69, 9.17) is 17.3 Å². The van der Waals surface area contributed by atoms with Crippen molar-refractivity contribution in [3.05, 3.63) is 34.9 Å². The molecule has 0 saturated carbocycles. The van der Waals surface area contributed by atoms with Gasteiger partial charge in [0, 0.05) is 10.6 Å². The monoisotopic (exact) mass is 295 g/mol. The molecular weight excluding hydrogens is 266 g/mol. The third-order valence-electron chi connectivity index (χ3n) is 4.04. The zero-order valence-electron chi connectivity index (χ0n) is 13.1. The van der Waals surface area contributed by atoms with Crippen molar-refractivity contribution in [2.75, 3.05) is 0 Å². The average Bonchev–Trinajstić information content (AvgIpc) is 2.42. The lowest BCUT2D eigenvalue weighted by molar-refractivity contribution is 0.421. The van der Waals surface area contributed by atoms with Crippen LogP contribution in [0.25, 0.3) is 0 Å². The summed E-state index contributed by atoms with van der Waals surface area (Å²) in [5, 5.41) is 0.789. The first kappa shape index (κ1) is 17.5. The maximum Gasteiger partial charge on any atom is 0.0456 e. The van der Waals surface area contributed by atoms with E-state index in [1.807, 2.05) is 24.3 Å². The van der Waals surface area contributed by atoms with Crippen LogP contribution in [0.15, 0.2) is 24.3 Å². The van der Waals surface area contributed by atoms with Gasteiger partial charge in [-0.05, 0) is 25.0 Å². The fourth-order valence-corrected chi connectivity index (χ4v) is 3.04. The molecule has 1 nitrogen and oxygen atoms in total. The molecule has 0 saturated heterocycles. The standard InChI is InChI=1S/C18H30ClN/c1-3-4-5-6-7-8-9-12-15-18(2,20)16-13-10-11-14-17(16)19/h10-11,13-14H,3-9,12,15,20H2,1-2H3. The Bertz CT molecular complexity index is 373. The summed E-state index contributed by atoms with van der Waals surface area (Å²) in [6.45, 7) is 4.35. The molecule has 1 aromatic carbocycles. The van der Waals surface area contributed by atoms with E-state index in [1.54, 1.807) is 0 Å². The van der Waals surface area contributed by atoms with Gasteiger partial charge >= 0.3 is 0 Å². The SMILES string of the molecule is CCCCCCCCCCC(C)(N)c1ccccc1Cl. The summed E-state index contributed by atoms with van der Waals surface area (Å²) in [5.41, 5.74) is 7.20. The van der Waals surface area contributed by atoms with Crippen LogP contribution < -0.4 is 5.73 Å². The molecule has 0 heterocycles. The number of unbranched alkanes of at least 4 members (excludes halogenated alkanes) is 7. The van der Waals surface area contributed by atoms with E-state index in [-0.39, 0.29) is 5.54 Å². The highest BCUT2D eigenvalue weighted by atomic mass is 35.5. The molecule has 1 rings (SSSR count). The van der Waals surface area contributed by atoms with Crippen LogP contribution in [0, 0.1) is 0 Å². The van der Waals surface area contributed by atoms with E-state index < -0.39 is 0 Å². The van der Waals surface area contributed by atoms with Crippen molar-refractivity contribution in [2.24, 2.45) is 5.73 Å². The van der Waals surface area contributed by atoms with E-state index in [0.717, 1.165) is 17.0 Å². The molecule has 0 aromatic heterocycles. The third kappa shape index (κ3) is 6.28. The molecule has 1 aromatic rings. The van der Waals surface area contributed by atoms with Gasteiger partial charge in [-0.3, -0.25) is 0 Å². The predicted octanol–water partition coefficient (Wildman–Crippen LogP) is 6.04. The zero-order valence-corrected chi connectivity index (χ0v) is 13.9. The van der Waals surface area contributed by atoms with E-state index >= 15 is 0 Å². The fourth-order valence-electron chi connectivity index (χ4n) is 2.69. The second-order valence-electron chi connectivity index (χ2n) is 6.12. The van der Waals surface area contributed by atoms with Gasteiger partial charge in [0.05, 0.1) is 0 Å². The van der Waals surface area contributed by atoms with E-state index in [1.165, 1.54) is 51.4 Å². The van der Waals surface area contributed by atoms with Gasteiger partial charge in [0.25, 0.3) is 0 Å². The van der Waals surface area contributed by atoms with Crippen LogP contribution in [0.1, 0.15) is 77.2 Å². The molecule has 1 atom stereocenters. The minimum atomic E-state index is -0.305. The topological polar surface area (TPSA) is 26.0 Å².